The summed E-state index contributed by atoms with van der Waals surface area (Å²) in [5, 5.41) is 9.53. The Balaban J connectivity index is 1.73. The number of hydrogen-bond acceptors (Lipinski definition) is 4. The van der Waals surface area contributed by atoms with Crippen LogP contribution in [0.4, 0.5) is 0 Å². The van der Waals surface area contributed by atoms with Crippen LogP contribution in [-0.2, 0) is 20.3 Å². The minimum absolute atomic E-state index is 0.138. The molecule has 1 N–H and O–H groups in total. The molecular formula is C18H18O4S. The molecule has 0 amide bonds. The summed E-state index contributed by atoms with van der Waals surface area (Å²) in [7, 11) is -1.37. The quantitative estimate of drug-likeness (QED) is 0.874. The van der Waals surface area contributed by atoms with E-state index < -0.39 is 27.9 Å². The van der Waals surface area contributed by atoms with E-state index in [9.17, 15) is 9.32 Å². The zero-order valence-corrected chi connectivity index (χ0v) is 13.5. The van der Waals surface area contributed by atoms with Crippen molar-refractivity contribution in [3.05, 3.63) is 65.7 Å². The molecule has 2 aliphatic rings. The summed E-state index contributed by atoms with van der Waals surface area (Å²) in [5.74, 6) is 0. The van der Waals surface area contributed by atoms with E-state index in [0.717, 1.165) is 16.0 Å². The summed E-state index contributed by atoms with van der Waals surface area (Å²) < 4.78 is 25.0. The van der Waals surface area contributed by atoms with Crippen LogP contribution in [-0.4, -0.2) is 33.1 Å². The molecule has 2 aromatic carbocycles. The fourth-order valence-electron chi connectivity index (χ4n) is 3.22. The van der Waals surface area contributed by atoms with Crippen LogP contribution in [0.1, 0.15) is 17.2 Å². The molecule has 0 radical (unpaired) electrons. The first-order valence-electron chi connectivity index (χ1n) is 7.64. The Morgan fingerprint density at radius 2 is 1.83 bits per heavy atom. The van der Waals surface area contributed by atoms with Gasteiger partial charge in [-0.3, -0.25) is 4.21 Å². The number of aliphatic hydroxyl groups excluding tert-OH is 1. The van der Waals surface area contributed by atoms with Crippen molar-refractivity contribution in [2.75, 3.05) is 6.61 Å². The molecule has 5 atom stereocenters. The summed E-state index contributed by atoms with van der Waals surface area (Å²) in [6.45, 7) is 1.86. The highest BCUT2D eigenvalue weighted by atomic mass is 32.2. The van der Waals surface area contributed by atoms with Crippen molar-refractivity contribution < 1.29 is 18.8 Å². The molecule has 2 aliphatic heterocycles. The molecule has 0 saturated carbocycles. The Morgan fingerprint density at radius 1 is 1.13 bits per heavy atom. The second-order valence-corrected chi connectivity index (χ2v) is 7.64. The van der Waals surface area contributed by atoms with E-state index in [1.807, 2.05) is 61.5 Å². The van der Waals surface area contributed by atoms with Crippen molar-refractivity contribution in [2.24, 2.45) is 0 Å². The van der Waals surface area contributed by atoms with Gasteiger partial charge in [0.1, 0.15) is 18.3 Å². The van der Waals surface area contributed by atoms with Crippen molar-refractivity contribution in [1.82, 2.24) is 0 Å². The third-order valence-corrected chi connectivity index (χ3v) is 6.29. The van der Waals surface area contributed by atoms with Crippen LogP contribution in [0.15, 0.2) is 59.5 Å². The number of epoxide rings is 1. The van der Waals surface area contributed by atoms with Crippen molar-refractivity contribution >= 4 is 10.8 Å². The smallest absolute Gasteiger partial charge is 0.206 e. The van der Waals surface area contributed by atoms with Gasteiger partial charge in [0.25, 0.3) is 0 Å². The third-order valence-electron chi connectivity index (χ3n) is 4.47. The number of ether oxygens (including phenoxy) is 2. The highest BCUT2D eigenvalue weighted by Gasteiger charge is 2.75. The van der Waals surface area contributed by atoms with Gasteiger partial charge in [0.15, 0.2) is 0 Å². The normalized spacial score (nSPS) is 33.2. The Hall–Kier alpha value is -1.53. The predicted octanol–water partition coefficient (Wildman–Crippen LogP) is 2.33. The van der Waals surface area contributed by atoms with Gasteiger partial charge in [-0.15, -0.1) is 0 Å². The molecule has 2 saturated heterocycles. The molecule has 2 heterocycles. The number of hydrogen-bond donors (Lipinski definition) is 1. The van der Waals surface area contributed by atoms with E-state index in [1.165, 1.54) is 0 Å². The summed E-state index contributed by atoms with van der Waals surface area (Å²) >= 11 is 0. The standard InChI is InChI=1S/C18H18O4S/c1-12-7-9-14(10-8-12)23(20)18-16(13-5-3-2-4-6-13)21-15(11-19)17(18)22-18/h2-10,15-17,19H,11H2,1H3/t15?,16-,17?,18?,23?/m0/s1. The van der Waals surface area contributed by atoms with Crippen molar-refractivity contribution in [1.29, 1.82) is 0 Å². The molecule has 5 heteroatoms. The Labute approximate surface area is 137 Å². The molecule has 2 aromatic rings. The summed E-state index contributed by atoms with van der Waals surface area (Å²) in [6.07, 6.45) is -1.21. The molecule has 0 spiro atoms. The molecule has 4 rings (SSSR count). The van der Waals surface area contributed by atoms with E-state index >= 15 is 0 Å². The van der Waals surface area contributed by atoms with E-state index in [0.29, 0.717) is 0 Å². The third kappa shape index (κ3) is 2.27. The zero-order chi connectivity index (χ0) is 16.0. The molecule has 0 bridgehead atoms. The molecular weight excluding hydrogens is 312 g/mol. The van der Waals surface area contributed by atoms with Crippen LogP contribution >= 0.6 is 0 Å². The van der Waals surface area contributed by atoms with Gasteiger partial charge in [0.2, 0.25) is 4.93 Å². The Kier molecular flexibility index (Phi) is 3.61. The predicted molar refractivity (Wildman–Crippen MR) is 86.3 cm³/mol. The Bertz CT molecular complexity index is 730. The molecule has 23 heavy (non-hydrogen) atoms. The summed E-state index contributed by atoms with van der Waals surface area (Å²) in [5.41, 5.74) is 2.04. The van der Waals surface area contributed by atoms with Gasteiger partial charge in [0.05, 0.1) is 17.4 Å². The maximum Gasteiger partial charge on any atom is 0.206 e. The number of aliphatic hydroxyl groups is 1. The van der Waals surface area contributed by atoms with E-state index in [4.69, 9.17) is 9.47 Å². The lowest BCUT2D eigenvalue weighted by atomic mass is 10.1. The molecule has 2 fully saturated rings. The molecule has 120 valence electrons. The minimum Gasteiger partial charge on any atom is -0.394 e. The number of aryl methyl sites for hydroxylation is 1. The van der Waals surface area contributed by atoms with Crippen LogP contribution in [0.25, 0.3) is 0 Å². The second kappa shape index (κ2) is 5.53. The van der Waals surface area contributed by atoms with E-state index in [2.05, 4.69) is 0 Å². The molecule has 4 nitrogen and oxygen atoms in total. The molecule has 0 aliphatic carbocycles. The van der Waals surface area contributed by atoms with Crippen LogP contribution in [0.2, 0.25) is 0 Å². The average Bonchev–Trinajstić information content (AvgIpc) is 3.25. The van der Waals surface area contributed by atoms with Gasteiger partial charge in [0, 0.05) is 4.90 Å². The lowest BCUT2D eigenvalue weighted by Crippen LogP contribution is -2.27. The zero-order valence-electron chi connectivity index (χ0n) is 12.7. The van der Waals surface area contributed by atoms with Crippen molar-refractivity contribution in [3.8, 4) is 0 Å². The van der Waals surface area contributed by atoms with Crippen LogP contribution < -0.4 is 0 Å². The topological polar surface area (TPSA) is 59.1 Å². The summed E-state index contributed by atoms with van der Waals surface area (Å²) in [4.78, 5) is -0.175. The monoisotopic (exact) mass is 330 g/mol. The van der Waals surface area contributed by atoms with Gasteiger partial charge in [-0.1, -0.05) is 48.0 Å². The van der Waals surface area contributed by atoms with Crippen LogP contribution in [0.5, 0.6) is 0 Å². The van der Waals surface area contributed by atoms with Gasteiger partial charge < -0.3 is 14.6 Å². The highest BCUT2D eigenvalue weighted by Crippen LogP contribution is 2.60. The largest absolute Gasteiger partial charge is 0.394 e. The number of fused-ring (bicyclic) bond motifs is 1. The molecule has 0 aromatic heterocycles. The first kappa shape index (κ1) is 15.0. The first-order chi connectivity index (χ1) is 11.2. The van der Waals surface area contributed by atoms with Gasteiger partial charge in [-0.2, -0.15) is 0 Å². The lowest BCUT2D eigenvalue weighted by molar-refractivity contribution is -0.0583. The first-order valence-corrected chi connectivity index (χ1v) is 8.79. The van der Waals surface area contributed by atoms with Crippen LogP contribution in [0.3, 0.4) is 0 Å². The number of benzene rings is 2. The van der Waals surface area contributed by atoms with E-state index in [1.54, 1.807) is 0 Å². The van der Waals surface area contributed by atoms with Gasteiger partial charge in [-0.05, 0) is 24.6 Å². The van der Waals surface area contributed by atoms with Gasteiger partial charge in [-0.25, -0.2) is 0 Å². The average molecular weight is 330 g/mol. The lowest BCUT2D eigenvalue weighted by Gasteiger charge is -2.21. The minimum atomic E-state index is -1.37. The fourth-order valence-corrected chi connectivity index (χ4v) is 4.91. The fraction of sp³-hybridized carbons (Fsp3) is 0.333. The molecule has 4 unspecified atom stereocenters. The van der Waals surface area contributed by atoms with Crippen molar-refractivity contribution in [3.63, 3.8) is 0 Å². The van der Waals surface area contributed by atoms with Crippen LogP contribution in [0, 0.1) is 6.92 Å². The van der Waals surface area contributed by atoms with Gasteiger partial charge >= 0.3 is 0 Å². The number of rotatable bonds is 4. The van der Waals surface area contributed by atoms with E-state index in [-0.39, 0.29) is 12.7 Å². The van der Waals surface area contributed by atoms with Crippen molar-refractivity contribution in [2.45, 2.75) is 35.1 Å². The maximum atomic E-state index is 13.2. The summed E-state index contributed by atoms with van der Waals surface area (Å²) in [6, 6.07) is 17.3. The Morgan fingerprint density at radius 3 is 2.48 bits per heavy atom. The maximum absolute atomic E-state index is 13.2. The second-order valence-electron chi connectivity index (χ2n) is 5.99. The highest BCUT2D eigenvalue weighted by molar-refractivity contribution is 7.86. The SMILES string of the molecule is Cc1ccc(S(=O)C23OC2C(CO)O[C@H]3c2ccccc2)cc1.